The van der Waals surface area contributed by atoms with Gasteiger partial charge in [-0.15, -0.1) is 24.8 Å². The van der Waals surface area contributed by atoms with Crippen molar-refractivity contribution in [1.29, 1.82) is 0 Å². The zero-order valence-electron chi connectivity index (χ0n) is 12.7. The van der Waals surface area contributed by atoms with E-state index >= 15 is 0 Å². The average Bonchev–Trinajstić information content (AvgIpc) is 2.40. The standard InChI is InChI=1S/C13H27N3O2.2ClH/c1-4-7-16-8-5-11(6-9-16)15(2)13(17)12(10-14)18-3;;/h11-12H,4-10,14H2,1-3H3;2*1H. The highest BCUT2D eigenvalue weighted by atomic mass is 35.5. The first-order valence-corrected chi connectivity index (χ1v) is 6.85. The molecule has 7 heteroatoms. The zero-order chi connectivity index (χ0) is 13.5. The van der Waals surface area contributed by atoms with Gasteiger partial charge in [0.1, 0.15) is 6.10 Å². The molecule has 20 heavy (non-hydrogen) atoms. The lowest BCUT2D eigenvalue weighted by Crippen LogP contribution is -2.50. The van der Waals surface area contributed by atoms with E-state index in [1.54, 1.807) is 0 Å². The third kappa shape index (κ3) is 6.14. The third-order valence-electron chi connectivity index (χ3n) is 3.77. The maximum absolute atomic E-state index is 12.1. The fourth-order valence-electron chi connectivity index (χ4n) is 2.55. The van der Waals surface area contributed by atoms with E-state index in [0.29, 0.717) is 6.04 Å². The highest BCUT2D eigenvalue weighted by molar-refractivity contribution is 5.85. The van der Waals surface area contributed by atoms with Gasteiger partial charge in [-0.3, -0.25) is 4.79 Å². The van der Waals surface area contributed by atoms with Crippen molar-refractivity contribution in [2.75, 3.05) is 40.3 Å². The summed E-state index contributed by atoms with van der Waals surface area (Å²) in [6.45, 7) is 5.77. The van der Waals surface area contributed by atoms with Crippen molar-refractivity contribution in [3.63, 3.8) is 0 Å². The molecule has 1 heterocycles. The molecule has 1 aliphatic rings. The van der Waals surface area contributed by atoms with Crippen LogP contribution < -0.4 is 5.73 Å². The number of hydrogen-bond donors (Lipinski definition) is 1. The normalized spacial score (nSPS) is 17.8. The minimum atomic E-state index is -0.497. The van der Waals surface area contributed by atoms with Crippen LogP contribution in [0.15, 0.2) is 0 Å². The second-order valence-corrected chi connectivity index (χ2v) is 4.98. The van der Waals surface area contributed by atoms with Gasteiger partial charge in [-0.1, -0.05) is 6.92 Å². The maximum Gasteiger partial charge on any atom is 0.252 e. The molecule has 122 valence electrons. The van der Waals surface area contributed by atoms with Crippen molar-refractivity contribution in [2.24, 2.45) is 5.73 Å². The molecule has 0 aromatic rings. The number of ether oxygens (including phenoxy) is 1. The molecule has 1 aliphatic heterocycles. The van der Waals surface area contributed by atoms with Gasteiger partial charge in [0.2, 0.25) is 0 Å². The number of carbonyl (C=O) groups excluding carboxylic acids is 1. The van der Waals surface area contributed by atoms with Gasteiger partial charge >= 0.3 is 0 Å². The summed E-state index contributed by atoms with van der Waals surface area (Å²) in [5.74, 6) is 0.00828. The SMILES string of the molecule is CCCN1CCC(N(C)C(=O)C(CN)OC)CC1.Cl.Cl. The van der Waals surface area contributed by atoms with Gasteiger partial charge in [0, 0.05) is 39.8 Å². The van der Waals surface area contributed by atoms with Gasteiger partial charge in [0.25, 0.3) is 5.91 Å². The average molecular weight is 330 g/mol. The fraction of sp³-hybridized carbons (Fsp3) is 0.923. The number of piperidine rings is 1. The predicted octanol–water partition coefficient (Wildman–Crippen LogP) is 1.14. The number of halogens is 2. The van der Waals surface area contributed by atoms with Gasteiger partial charge in [-0.05, 0) is 25.8 Å². The van der Waals surface area contributed by atoms with E-state index in [0.717, 1.165) is 32.5 Å². The van der Waals surface area contributed by atoms with Crippen LogP contribution in [0.4, 0.5) is 0 Å². The molecule has 0 aliphatic carbocycles. The molecule has 0 aromatic carbocycles. The highest BCUT2D eigenvalue weighted by Crippen LogP contribution is 2.16. The molecule has 1 atom stereocenters. The first-order valence-electron chi connectivity index (χ1n) is 6.85. The number of hydrogen-bond acceptors (Lipinski definition) is 4. The zero-order valence-corrected chi connectivity index (χ0v) is 14.3. The smallest absolute Gasteiger partial charge is 0.252 e. The van der Waals surface area contributed by atoms with E-state index in [1.165, 1.54) is 13.5 Å². The molecule has 1 saturated heterocycles. The van der Waals surface area contributed by atoms with Crippen molar-refractivity contribution >= 4 is 30.7 Å². The van der Waals surface area contributed by atoms with Crippen LogP contribution in [0.1, 0.15) is 26.2 Å². The number of nitrogens with zero attached hydrogens (tertiary/aromatic N) is 2. The Morgan fingerprint density at radius 3 is 2.35 bits per heavy atom. The Hall–Kier alpha value is -0.0700. The van der Waals surface area contributed by atoms with Crippen LogP contribution in [0, 0.1) is 0 Å². The molecular weight excluding hydrogens is 301 g/mol. The van der Waals surface area contributed by atoms with Crippen LogP contribution >= 0.6 is 24.8 Å². The quantitative estimate of drug-likeness (QED) is 0.793. The summed E-state index contributed by atoms with van der Waals surface area (Å²) in [7, 11) is 3.40. The number of methoxy groups -OCH3 is 1. The summed E-state index contributed by atoms with van der Waals surface area (Å²) in [5, 5.41) is 0. The number of rotatable bonds is 6. The molecule has 5 nitrogen and oxygen atoms in total. The summed E-state index contributed by atoms with van der Waals surface area (Å²) >= 11 is 0. The molecule has 0 radical (unpaired) electrons. The van der Waals surface area contributed by atoms with Crippen LogP contribution in [0.2, 0.25) is 0 Å². The maximum atomic E-state index is 12.1. The second kappa shape index (κ2) is 11.6. The van der Waals surface area contributed by atoms with Crippen molar-refractivity contribution in [1.82, 2.24) is 9.80 Å². The minimum absolute atomic E-state index is 0. The third-order valence-corrected chi connectivity index (χ3v) is 3.77. The van der Waals surface area contributed by atoms with Crippen LogP contribution in [0.5, 0.6) is 0 Å². The lowest BCUT2D eigenvalue weighted by molar-refractivity contribution is -0.143. The van der Waals surface area contributed by atoms with Crippen LogP contribution in [0.25, 0.3) is 0 Å². The van der Waals surface area contributed by atoms with E-state index in [1.807, 2.05) is 11.9 Å². The molecule has 0 aromatic heterocycles. The van der Waals surface area contributed by atoms with Gasteiger partial charge in [0.05, 0.1) is 0 Å². The molecule has 1 unspecified atom stereocenters. The number of amides is 1. The number of likely N-dealkylation sites (N-methyl/N-ethyl adjacent to an activating group) is 1. The van der Waals surface area contributed by atoms with Gasteiger partial charge in [-0.2, -0.15) is 0 Å². The molecular formula is C13H29Cl2N3O2. The number of carbonyl (C=O) groups is 1. The van der Waals surface area contributed by atoms with E-state index in [4.69, 9.17) is 10.5 Å². The first-order chi connectivity index (χ1) is 8.63. The lowest BCUT2D eigenvalue weighted by Gasteiger charge is -2.37. The summed E-state index contributed by atoms with van der Waals surface area (Å²) in [5.41, 5.74) is 5.53. The lowest BCUT2D eigenvalue weighted by atomic mass is 10.0. The Labute approximate surface area is 135 Å². The summed E-state index contributed by atoms with van der Waals surface area (Å²) in [6, 6.07) is 0.329. The second-order valence-electron chi connectivity index (χ2n) is 4.98. The highest BCUT2D eigenvalue weighted by Gasteiger charge is 2.28. The Bertz CT molecular complexity index is 258. The minimum Gasteiger partial charge on any atom is -0.370 e. The van der Waals surface area contributed by atoms with E-state index in [-0.39, 0.29) is 37.3 Å². The largest absolute Gasteiger partial charge is 0.370 e. The van der Waals surface area contributed by atoms with Crippen LogP contribution in [-0.2, 0) is 9.53 Å². The molecule has 1 fully saturated rings. The topological polar surface area (TPSA) is 58.8 Å². The summed E-state index contributed by atoms with van der Waals surface area (Å²) < 4.78 is 5.11. The van der Waals surface area contributed by atoms with Crippen molar-refractivity contribution in [3.05, 3.63) is 0 Å². The van der Waals surface area contributed by atoms with Crippen LogP contribution in [-0.4, -0.2) is 68.2 Å². The first kappa shape index (κ1) is 22.2. The molecule has 1 rings (SSSR count). The Kier molecular flexibility index (Phi) is 12.9. The van der Waals surface area contributed by atoms with Crippen molar-refractivity contribution in [3.8, 4) is 0 Å². The molecule has 0 spiro atoms. The molecule has 0 saturated carbocycles. The van der Waals surface area contributed by atoms with Crippen LogP contribution in [0.3, 0.4) is 0 Å². The van der Waals surface area contributed by atoms with Gasteiger partial charge < -0.3 is 20.3 Å². The van der Waals surface area contributed by atoms with E-state index < -0.39 is 6.10 Å². The Morgan fingerprint density at radius 1 is 1.40 bits per heavy atom. The Morgan fingerprint density at radius 2 is 1.95 bits per heavy atom. The van der Waals surface area contributed by atoms with E-state index in [2.05, 4.69) is 11.8 Å². The molecule has 0 bridgehead atoms. The van der Waals surface area contributed by atoms with Crippen molar-refractivity contribution in [2.45, 2.75) is 38.3 Å². The van der Waals surface area contributed by atoms with Crippen molar-refractivity contribution < 1.29 is 9.53 Å². The summed E-state index contributed by atoms with van der Waals surface area (Å²) in [6.07, 6.45) is 2.79. The monoisotopic (exact) mass is 329 g/mol. The number of likely N-dealkylation sites (tertiary alicyclic amines) is 1. The molecule has 2 N–H and O–H groups in total. The fourth-order valence-corrected chi connectivity index (χ4v) is 2.55. The van der Waals surface area contributed by atoms with E-state index in [9.17, 15) is 4.79 Å². The summed E-state index contributed by atoms with van der Waals surface area (Å²) in [4.78, 5) is 16.4. The van der Waals surface area contributed by atoms with Gasteiger partial charge in [0.15, 0.2) is 0 Å². The Balaban J connectivity index is 0. The predicted molar refractivity (Wildman–Crippen MR) is 86.9 cm³/mol. The number of nitrogens with two attached hydrogens (primary N) is 1. The van der Waals surface area contributed by atoms with Gasteiger partial charge in [-0.25, -0.2) is 0 Å². The molecule has 1 amide bonds.